The zero-order valence-corrected chi connectivity index (χ0v) is 11.1. The molecule has 0 aromatic heterocycles. The molecule has 1 N–H and O–H groups in total. The van der Waals surface area contributed by atoms with E-state index in [1.54, 1.807) is 0 Å². The van der Waals surface area contributed by atoms with Gasteiger partial charge >= 0.3 is 6.03 Å². The molecule has 2 unspecified atom stereocenters. The van der Waals surface area contributed by atoms with E-state index in [1.807, 2.05) is 35.2 Å². The largest absolute Gasteiger partial charge is 0.322 e. The van der Waals surface area contributed by atoms with Crippen LogP contribution < -0.4 is 5.32 Å². The number of hydrogen-bond acceptors (Lipinski definition) is 1. The minimum absolute atomic E-state index is 0.0166. The average Bonchev–Trinajstić information content (AvgIpc) is 3.23. The number of amides is 2. The number of anilines is 1. The number of nitrogens with zero attached hydrogens (tertiary/aromatic N) is 1. The summed E-state index contributed by atoms with van der Waals surface area (Å²) in [5.41, 5.74) is 3.57. The van der Waals surface area contributed by atoms with Gasteiger partial charge in [-0.1, -0.05) is 42.5 Å². The minimum Gasteiger partial charge on any atom is -0.310 e. The predicted molar refractivity (Wildman–Crippen MR) is 78.6 cm³/mol. The monoisotopic (exact) mass is 264 g/mol. The van der Waals surface area contributed by atoms with Crippen LogP contribution in [-0.4, -0.2) is 17.0 Å². The maximum Gasteiger partial charge on any atom is 0.322 e. The van der Waals surface area contributed by atoms with Gasteiger partial charge in [0, 0.05) is 5.69 Å². The molecule has 3 heteroatoms. The molecular weight excluding hydrogens is 248 g/mol. The molecule has 2 atom stereocenters. The topological polar surface area (TPSA) is 32.1 Å². The van der Waals surface area contributed by atoms with E-state index in [-0.39, 0.29) is 12.1 Å². The summed E-state index contributed by atoms with van der Waals surface area (Å²) in [6.07, 6.45) is 2.15. The van der Waals surface area contributed by atoms with Gasteiger partial charge in [0.05, 0.1) is 12.1 Å². The molecule has 0 spiro atoms. The fourth-order valence-corrected chi connectivity index (χ4v) is 3.27. The Balaban J connectivity index is 1.54. The first kappa shape index (κ1) is 11.5. The van der Waals surface area contributed by atoms with Crippen molar-refractivity contribution >= 4 is 11.7 Å². The lowest BCUT2D eigenvalue weighted by atomic mass is 9.92. The molecule has 3 nitrogen and oxygen atoms in total. The summed E-state index contributed by atoms with van der Waals surface area (Å²) in [7, 11) is 0. The molecule has 1 aliphatic heterocycles. The first-order valence-corrected chi connectivity index (χ1v) is 7.07. The predicted octanol–water partition coefficient (Wildman–Crippen LogP) is 3.59. The van der Waals surface area contributed by atoms with Crippen LogP contribution in [0.5, 0.6) is 0 Å². The van der Waals surface area contributed by atoms with E-state index >= 15 is 0 Å². The second-order valence-electron chi connectivity index (χ2n) is 5.45. The quantitative estimate of drug-likeness (QED) is 0.784. The van der Waals surface area contributed by atoms with Crippen LogP contribution in [0.2, 0.25) is 0 Å². The van der Waals surface area contributed by atoms with Crippen LogP contribution in [0.1, 0.15) is 23.6 Å². The van der Waals surface area contributed by atoms with E-state index < -0.39 is 0 Å². The molecule has 1 saturated heterocycles. The van der Waals surface area contributed by atoms with Gasteiger partial charge in [0.25, 0.3) is 0 Å². The zero-order chi connectivity index (χ0) is 13.5. The molecule has 100 valence electrons. The van der Waals surface area contributed by atoms with Crippen LogP contribution in [0.4, 0.5) is 10.5 Å². The number of para-hydroxylation sites is 1. The van der Waals surface area contributed by atoms with Gasteiger partial charge in [-0.15, -0.1) is 0 Å². The van der Waals surface area contributed by atoms with E-state index in [9.17, 15) is 4.79 Å². The van der Waals surface area contributed by atoms with Gasteiger partial charge in [0.15, 0.2) is 0 Å². The highest BCUT2D eigenvalue weighted by Gasteiger charge is 2.53. The number of hydrogen-bond donors (Lipinski definition) is 1. The van der Waals surface area contributed by atoms with Gasteiger partial charge < -0.3 is 10.2 Å². The molecule has 1 fully saturated rings. The highest BCUT2D eigenvalue weighted by Crippen LogP contribution is 2.50. The van der Waals surface area contributed by atoms with Crippen molar-refractivity contribution in [3.8, 4) is 0 Å². The molecule has 2 aliphatic rings. The molecule has 20 heavy (non-hydrogen) atoms. The number of rotatable bonds is 1. The first-order chi connectivity index (χ1) is 9.84. The lowest BCUT2D eigenvalue weighted by molar-refractivity contribution is 0.237. The van der Waals surface area contributed by atoms with Gasteiger partial charge in [0.2, 0.25) is 0 Å². The third kappa shape index (κ3) is 1.78. The molecule has 0 bridgehead atoms. The van der Waals surface area contributed by atoms with Gasteiger partial charge in [-0.3, -0.25) is 0 Å². The van der Waals surface area contributed by atoms with Gasteiger partial charge in [-0.2, -0.15) is 0 Å². The summed E-state index contributed by atoms with van der Waals surface area (Å²) >= 11 is 0. The third-order valence-electron chi connectivity index (χ3n) is 4.27. The molecule has 2 amide bonds. The molecule has 4 rings (SSSR count). The normalized spacial score (nSPS) is 22.7. The Morgan fingerprint density at radius 1 is 1.05 bits per heavy atom. The van der Waals surface area contributed by atoms with Crippen molar-refractivity contribution in [1.29, 1.82) is 0 Å². The summed E-state index contributed by atoms with van der Waals surface area (Å²) in [5.74, 6) is 0. The van der Waals surface area contributed by atoms with Crippen LogP contribution in [0.25, 0.3) is 0 Å². The number of aryl methyl sites for hydroxylation is 1. The Morgan fingerprint density at radius 2 is 1.80 bits per heavy atom. The number of nitrogens with one attached hydrogen (secondary N) is 1. The third-order valence-corrected chi connectivity index (χ3v) is 4.27. The molecule has 1 heterocycles. The average molecular weight is 264 g/mol. The molecule has 2 aromatic carbocycles. The summed E-state index contributed by atoms with van der Waals surface area (Å²) in [4.78, 5) is 14.3. The summed E-state index contributed by atoms with van der Waals surface area (Å²) in [6, 6.07) is 18.8. The van der Waals surface area contributed by atoms with Crippen molar-refractivity contribution in [2.75, 3.05) is 5.32 Å². The fraction of sp³-hybridized carbons (Fsp3) is 0.235. The lowest BCUT2D eigenvalue weighted by Gasteiger charge is -2.11. The van der Waals surface area contributed by atoms with Crippen molar-refractivity contribution < 1.29 is 4.79 Å². The van der Waals surface area contributed by atoms with Crippen molar-refractivity contribution in [3.05, 3.63) is 65.7 Å². The van der Waals surface area contributed by atoms with Crippen LogP contribution in [-0.2, 0) is 6.42 Å². The number of urea groups is 1. The minimum atomic E-state index is 0.0166. The molecule has 1 aliphatic carbocycles. The fourth-order valence-electron chi connectivity index (χ4n) is 3.27. The highest BCUT2D eigenvalue weighted by molar-refractivity contribution is 5.92. The number of carbonyl (C=O) groups excluding carboxylic acids is 1. The molecule has 0 radical (unpaired) electrons. The molecular formula is C17H16N2O. The Morgan fingerprint density at radius 3 is 2.65 bits per heavy atom. The summed E-state index contributed by atoms with van der Waals surface area (Å²) in [6.45, 7) is 0. The van der Waals surface area contributed by atoms with E-state index in [0.29, 0.717) is 6.04 Å². The zero-order valence-electron chi connectivity index (χ0n) is 11.1. The van der Waals surface area contributed by atoms with Crippen LogP contribution in [0.15, 0.2) is 54.6 Å². The van der Waals surface area contributed by atoms with Gasteiger partial charge in [-0.05, 0) is 36.1 Å². The van der Waals surface area contributed by atoms with E-state index in [2.05, 4.69) is 29.6 Å². The van der Waals surface area contributed by atoms with Gasteiger partial charge in [-0.25, -0.2) is 4.79 Å². The number of benzene rings is 2. The Hall–Kier alpha value is -2.29. The lowest BCUT2D eigenvalue weighted by Crippen LogP contribution is -2.20. The Bertz CT molecular complexity index is 653. The van der Waals surface area contributed by atoms with Gasteiger partial charge in [0.1, 0.15) is 0 Å². The SMILES string of the molecule is O=C(Nc1ccccc1)N1C2CCc3ccccc3C21. The van der Waals surface area contributed by atoms with Crippen molar-refractivity contribution in [3.63, 3.8) is 0 Å². The standard InChI is InChI=1S/C17H16N2O/c20-17(18-13-7-2-1-3-8-13)19-15-11-10-12-6-4-5-9-14(12)16(15)19/h1-9,15-16H,10-11H2,(H,18,20). The molecule has 0 saturated carbocycles. The Labute approximate surface area is 118 Å². The second-order valence-corrected chi connectivity index (χ2v) is 5.45. The second kappa shape index (κ2) is 4.37. The van der Waals surface area contributed by atoms with E-state index in [0.717, 1.165) is 18.5 Å². The van der Waals surface area contributed by atoms with Crippen molar-refractivity contribution in [2.24, 2.45) is 0 Å². The Kier molecular flexibility index (Phi) is 2.52. The summed E-state index contributed by atoms with van der Waals surface area (Å²) < 4.78 is 0. The number of carbonyl (C=O) groups is 1. The van der Waals surface area contributed by atoms with E-state index in [4.69, 9.17) is 0 Å². The number of fused-ring (bicyclic) bond motifs is 3. The first-order valence-electron chi connectivity index (χ1n) is 7.07. The summed E-state index contributed by atoms with van der Waals surface area (Å²) in [5, 5.41) is 2.98. The van der Waals surface area contributed by atoms with Crippen molar-refractivity contribution in [1.82, 2.24) is 4.90 Å². The van der Waals surface area contributed by atoms with E-state index in [1.165, 1.54) is 11.1 Å². The maximum absolute atomic E-state index is 12.4. The van der Waals surface area contributed by atoms with Crippen LogP contribution in [0.3, 0.4) is 0 Å². The van der Waals surface area contributed by atoms with Crippen molar-refractivity contribution in [2.45, 2.75) is 24.9 Å². The maximum atomic E-state index is 12.4. The van der Waals surface area contributed by atoms with Crippen LogP contribution >= 0.6 is 0 Å². The highest BCUT2D eigenvalue weighted by atomic mass is 16.2. The van der Waals surface area contributed by atoms with Crippen LogP contribution in [0, 0.1) is 0 Å². The molecule has 2 aromatic rings. The smallest absolute Gasteiger partial charge is 0.310 e.